The van der Waals surface area contributed by atoms with E-state index in [0.717, 1.165) is 11.8 Å². The van der Waals surface area contributed by atoms with Gasteiger partial charge in [0.05, 0.1) is 23.9 Å². The molecule has 1 amide bonds. The first-order chi connectivity index (χ1) is 14.5. The first kappa shape index (κ1) is 19.5. The van der Waals surface area contributed by atoms with Gasteiger partial charge in [0.1, 0.15) is 11.4 Å². The Morgan fingerprint density at radius 1 is 1.23 bits per heavy atom. The molecule has 0 spiro atoms. The molecular weight excluding hydrogens is 416 g/mol. The summed E-state index contributed by atoms with van der Waals surface area (Å²) >= 11 is 1.01. The molecule has 1 aromatic heterocycles. The maximum absolute atomic E-state index is 12.2. The van der Waals surface area contributed by atoms with Gasteiger partial charge >= 0.3 is 0 Å². The molecule has 0 aliphatic carbocycles. The van der Waals surface area contributed by atoms with Crippen molar-refractivity contribution >= 4 is 29.0 Å². The molecule has 0 bridgehead atoms. The molecule has 154 valence electrons. The number of nitrogens with zero attached hydrogens (tertiary/aromatic N) is 3. The number of ether oxygens (including phenoxy) is 3. The molecule has 0 saturated heterocycles. The number of hydrogen-bond donors (Lipinski definition) is 1. The van der Waals surface area contributed by atoms with E-state index in [9.17, 15) is 14.9 Å². The molecular formula is C18H14N4O7S. The minimum atomic E-state index is -0.596. The number of aromatic nitrogens is 2. The van der Waals surface area contributed by atoms with Gasteiger partial charge in [0.15, 0.2) is 11.5 Å². The van der Waals surface area contributed by atoms with Crippen LogP contribution in [0.5, 0.6) is 17.2 Å². The third kappa shape index (κ3) is 4.12. The second-order valence-corrected chi connectivity index (χ2v) is 6.84. The second-order valence-electron chi connectivity index (χ2n) is 5.92. The maximum atomic E-state index is 12.2. The number of hydrogen-bond acceptors (Lipinski definition) is 10. The van der Waals surface area contributed by atoms with E-state index < -0.39 is 10.8 Å². The fourth-order valence-corrected chi connectivity index (χ4v) is 3.19. The predicted octanol–water partition coefficient (Wildman–Crippen LogP) is 3.11. The van der Waals surface area contributed by atoms with Crippen molar-refractivity contribution in [2.45, 2.75) is 5.22 Å². The quantitative estimate of drug-likeness (QED) is 0.338. The van der Waals surface area contributed by atoms with Crippen LogP contribution in [0.3, 0.4) is 0 Å². The average molecular weight is 430 g/mol. The van der Waals surface area contributed by atoms with E-state index in [4.69, 9.17) is 18.6 Å². The van der Waals surface area contributed by atoms with Gasteiger partial charge in [-0.3, -0.25) is 14.9 Å². The van der Waals surface area contributed by atoms with Gasteiger partial charge in [-0.05, 0) is 30.3 Å². The fraction of sp³-hybridized carbons (Fsp3) is 0.167. The zero-order valence-electron chi connectivity index (χ0n) is 15.5. The van der Waals surface area contributed by atoms with Gasteiger partial charge in [-0.1, -0.05) is 11.8 Å². The fourth-order valence-electron chi connectivity index (χ4n) is 2.62. The van der Waals surface area contributed by atoms with Gasteiger partial charge in [-0.25, -0.2) is 0 Å². The lowest BCUT2D eigenvalue weighted by Gasteiger charge is -2.06. The highest BCUT2D eigenvalue weighted by atomic mass is 32.2. The smallest absolute Gasteiger partial charge is 0.296 e. The van der Waals surface area contributed by atoms with Crippen LogP contribution < -0.4 is 19.5 Å². The minimum Gasteiger partial charge on any atom is -0.496 e. The normalized spacial score (nSPS) is 11.9. The van der Waals surface area contributed by atoms with E-state index >= 15 is 0 Å². The van der Waals surface area contributed by atoms with Gasteiger partial charge in [-0.2, -0.15) is 0 Å². The van der Waals surface area contributed by atoms with Crippen molar-refractivity contribution in [2.24, 2.45) is 0 Å². The highest BCUT2D eigenvalue weighted by Gasteiger charge is 2.19. The summed E-state index contributed by atoms with van der Waals surface area (Å²) in [5.41, 5.74) is 0.450. The van der Waals surface area contributed by atoms with Crippen LogP contribution >= 0.6 is 11.8 Å². The van der Waals surface area contributed by atoms with Crippen LogP contribution in [0.25, 0.3) is 11.5 Å². The lowest BCUT2D eigenvalue weighted by Crippen LogP contribution is -2.15. The molecule has 2 aromatic carbocycles. The summed E-state index contributed by atoms with van der Waals surface area (Å²) < 4.78 is 21.1. The molecule has 12 heteroatoms. The Bertz CT molecular complexity index is 1120. The van der Waals surface area contributed by atoms with Crippen molar-refractivity contribution in [1.82, 2.24) is 10.2 Å². The molecule has 0 unspecified atom stereocenters. The van der Waals surface area contributed by atoms with Crippen LogP contribution in [0.15, 0.2) is 46.0 Å². The molecule has 4 rings (SSSR count). The molecule has 11 nitrogen and oxygen atoms in total. The third-order valence-corrected chi connectivity index (χ3v) is 4.85. The van der Waals surface area contributed by atoms with Gasteiger partial charge in [0.2, 0.25) is 18.6 Å². The number of carbonyl (C=O) groups excluding carboxylic acids is 1. The van der Waals surface area contributed by atoms with E-state index in [-0.39, 0.29) is 35.0 Å². The molecule has 1 N–H and O–H groups in total. The van der Waals surface area contributed by atoms with E-state index in [1.165, 1.54) is 25.3 Å². The molecule has 1 aliphatic rings. The number of carbonyl (C=O) groups is 1. The number of nitro benzene ring substituents is 1. The highest BCUT2D eigenvalue weighted by Crippen LogP contribution is 2.36. The molecule has 3 aromatic rings. The zero-order chi connectivity index (χ0) is 21.1. The molecule has 0 atom stereocenters. The first-order valence-corrected chi connectivity index (χ1v) is 9.50. The first-order valence-electron chi connectivity index (χ1n) is 8.52. The van der Waals surface area contributed by atoms with Crippen LogP contribution in [0.2, 0.25) is 0 Å². The molecule has 0 radical (unpaired) electrons. The summed E-state index contributed by atoms with van der Waals surface area (Å²) in [7, 11) is 1.40. The minimum absolute atomic E-state index is 0.0676. The number of benzene rings is 2. The summed E-state index contributed by atoms with van der Waals surface area (Å²) in [5.74, 6) is 1.26. The number of thioether (sulfide) groups is 1. The van der Waals surface area contributed by atoms with E-state index in [1.807, 2.05) is 0 Å². The standard InChI is InChI=1S/C18H14N4O7S/c1-26-11-3-4-12(13(7-11)22(24)25)19-16(23)8-30-18-21-20-17(29-18)10-2-5-14-15(6-10)28-9-27-14/h2-7H,8-9H2,1H3,(H,19,23). The van der Waals surface area contributed by atoms with Gasteiger partial charge in [-0.15, -0.1) is 10.2 Å². The van der Waals surface area contributed by atoms with Crippen LogP contribution in [0.4, 0.5) is 11.4 Å². The molecule has 0 fully saturated rings. The van der Waals surface area contributed by atoms with Crippen LogP contribution in [0, 0.1) is 10.1 Å². The largest absolute Gasteiger partial charge is 0.496 e. The third-order valence-electron chi connectivity index (χ3n) is 4.03. The maximum Gasteiger partial charge on any atom is 0.296 e. The van der Waals surface area contributed by atoms with Crippen molar-refractivity contribution in [3.8, 4) is 28.7 Å². The van der Waals surface area contributed by atoms with E-state index in [1.54, 1.807) is 18.2 Å². The van der Waals surface area contributed by atoms with E-state index in [0.29, 0.717) is 22.8 Å². The average Bonchev–Trinajstić information content (AvgIpc) is 3.41. The number of nitro groups is 1. The van der Waals surface area contributed by atoms with Crippen LogP contribution in [0.1, 0.15) is 0 Å². The van der Waals surface area contributed by atoms with Crippen LogP contribution in [-0.4, -0.2) is 40.7 Å². The Morgan fingerprint density at radius 3 is 2.87 bits per heavy atom. The Labute approximate surface area is 173 Å². The highest BCUT2D eigenvalue weighted by molar-refractivity contribution is 7.99. The zero-order valence-corrected chi connectivity index (χ0v) is 16.3. The monoisotopic (exact) mass is 430 g/mol. The molecule has 2 heterocycles. The number of nitrogens with one attached hydrogen (secondary N) is 1. The number of amides is 1. The number of anilines is 1. The molecule has 30 heavy (non-hydrogen) atoms. The van der Waals surface area contributed by atoms with Crippen molar-refractivity contribution in [2.75, 3.05) is 25.0 Å². The van der Waals surface area contributed by atoms with Gasteiger partial charge in [0, 0.05) is 5.56 Å². The summed E-state index contributed by atoms with van der Waals surface area (Å²) in [5, 5.41) is 21.8. The Kier molecular flexibility index (Phi) is 5.39. The van der Waals surface area contributed by atoms with Crippen molar-refractivity contribution < 1.29 is 28.3 Å². The predicted molar refractivity (Wildman–Crippen MR) is 105 cm³/mol. The summed E-state index contributed by atoms with van der Waals surface area (Å²) in [6.45, 7) is 0.158. The molecule has 0 saturated carbocycles. The summed E-state index contributed by atoms with van der Waals surface area (Å²) in [4.78, 5) is 22.8. The Morgan fingerprint density at radius 2 is 2.07 bits per heavy atom. The summed E-state index contributed by atoms with van der Waals surface area (Å²) in [6.07, 6.45) is 0. The Hall–Kier alpha value is -3.80. The van der Waals surface area contributed by atoms with Gasteiger partial charge in [0.25, 0.3) is 10.9 Å². The lowest BCUT2D eigenvalue weighted by molar-refractivity contribution is -0.384. The lowest BCUT2D eigenvalue weighted by atomic mass is 10.2. The molecule has 1 aliphatic heterocycles. The number of methoxy groups -OCH3 is 1. The number of rotatable bonds is 7. The number of fused-ring (bicyclic) bond motifs is 1. The van der Waals surface area contributed by atoms with Crippen molar-refractivity contribution in [3.63, 3.8) is 0 Å². The second kappa shape index (κ2) is 8.29. The SMILES string of the molecule is COc1ccc(NC(=O)CSc2nnc(-c3ccc4c(c3)OCO4)o2)c([N+](=O)[O-])c1. The van der Waals surface area contributed by atoms with Crippen LogP contribution in [-0.2, 0) is 4.79 Å². The Balaban J connectivity index is 1.39. The topological polar surface area (TPSA) is 139 Å². The van der Waals surface area contributed by atoms with Crippen molar-refractivity contribution in [1.29, 1.82) is 0 Å². The van der Waals surface area contributed by atoms with Crippen molar-refractivity contribution in [3.05, 3.63) is 46.5 Å². The summed E-state index contributed by atoms with van der Waals surface area (Å²) in [6, 6.07) is 9.38. The van der Waals surface area contributed by atoms with Gasteiger partial charge < -0.3 is 23.9 Å². The van der Waals surface area contributed by atoms with E-state index in [2.05, 4.69) is 15.5 Å².